The Morgan fingerprint density at radius 2 is 2.09 bits per heavy atom. The molecule has 2 aromatic rings. The quantitative estimate of drug-likeness (QED) is 0.931. The number of rotatable bonds is 3. The Labute approximate surface area is 127 Å². The van der Waals surface area contributed by atoms with Crippen molar-refractivity contribution >= 4 is 17.3 Å². The molecule has 2 aromatic heterocycles. The Morgan fingerprint density at radius 3 is 2.77 bits per heavy atom. The highest BCUT2D eigenvalue weighted by Crippen LogP contribution is 2.24. The van der Waals surface area contributed by atoms with Crippen LogP contribution in [0.3, 0.4) is 0 Å². The molecule has 1 fully saturated rings. The summed E-state index contributed by atoms with van der Waals surface area (Å²) in [4.78, 5) is 26.6. The maximum absolute atomic E-state index is 12.4. The van der Waals surface area contributed by atoms with Gasteiger partial charge in [-0.05, 0) is 31.4 Å². The Balaban J connectivity index is 1.94. The fourth-order valence-electron chi connectivity index (χ4n) is 2.63. The van der Waals surface area contributed by atoms with E-state index >= 15 is 0 Å². The van der Waals surface area contributed by atoms with Gasteiger partial charge in [-0.15, -0.1) is 0 Å². The number of aryl methyl sites for hydroxylation is 1. The molecule has 0 radical (unpaired) electrons. The third-order valence-electron chi connectivity index (χ3n) is 3.78. The van der Waals surface area contributed by atoms with E-state index in [1.807, 2.05) is 4.90 Å². The van der Waals surface area contributed by atoms with Crippen LogP contribution in [0.5, 0.6) is 0 Å². The molecule has 7 nitrogen and oxygen atoms in total. The molecule has 22 heavy (non-hydrogen) atoms. The van der Waals surface area contributed by atoms with E-state index in [1.165, 1.54) is 17.1 Å². The van der Waals surface area contributed by atoms with E-state index in [-0.39, 0.29) is 11.3 Å². The van der Waals surface area contributed by atoms with E-state index < -0.39 is 5.91 Å². The van der Waals surface area contributed by atoms with E-state index in [0.29, 0.717) is 11.4 Å². The van der Waals surface area contributed by atoms with Crippen LogP contribution >= 0.6 is 0 Å². The van der Waals surface area contributed by atoms with E-state index in [9.17, 15) is 9.59 Å². The van der Waals surface area contributed by atoms with Gasteiger partial charge in [0.25, 0.3) is 11.5 Å². The number of aromatic nitrogens is 2. The highest BCUT2D eigenvalue weighted by molar-refractivity contribution is 6.03. The van der Waals surface area contributed by atoms with Gasteiger partial charge in [-0.25, -0.2) is 4.68 Å². The Bertz CT molecular complexity index is 715. The van der Waals surface area contributed by atoms with Gasteiger partial charge in [-0.3, -0.25) is 9.59 Å². The van der Waals surface area contributed by atoms with Gasteiger partial charge in [0.05, 0.1) is 18.1 Å². The third-order valence-corrected chi connectivity index (χ3v) is 3.78. The highest BCUT2D eigenvalue weighted by atomic mass is 16.3. The van der Waals surface area contributed by atoms with Crippen LogP contribution in [0.15, 0.2) is 33.8 Å². The second kappa shape index (κ2) is 6.05. The highest BCUT2D eigenvalue weighted by Gasteiger charge is 2.21. The second-order valence-corrected chi connectivity index (χ2v) is 5.31. The number of furan rings is 1. The van der Waals surface area contributed by atoms with E-state index in [1.54, 1.807) is 19.2 Å². The fourth-order valence-corrected chi connectivity index (χ4v) is 2.63. The number of carbonyl (C=O) groups excluding carboxylic acids is 1. The van der Waals surface area contributed by atoms with Crippen LogP contribution in [0.2, 0.25) is 0 Å². The zero-order valence-corrected chi connectivity index (χ0v) is 12.4. The van der Waals surface area contributed by atoms with Crippen LogP contribution in [-0.4, -0.2) is 28.8 Å². The zero-order chi connectivity index (χ0) is 15.5. The first-order chi connectivity index (χ1) is 10.7. The standard InChI is InChI=1S/C15H18N4O3/c1-18-15(21)13(19-7-3-2-4-8-19)11(10-16-18)17-14(20)12-6-5-9-22-12/h5-6,9-10H,2-4,7-8H2,1H3,(H,17,20). The molecule has 7 heteroatoms. The monoisotopic (exact) mass is 302 g/mol. The van der Waals surface area contributed by atoms with Crippen molar-refractivity contribution in [1.29, 1.82) is 0 Å². The minimum Gasteiger partial charge on any atom is -0.459 e. The van der Waals surface area contributed by atoms with Crippen LogP contribution in [0.4, 0.5) is 11.4 Å². The average molecular weight is 302 g/mol. The topological polar surface area (TPSA) is 80.4 Å². The van der Waals surface area contributed by atoms with E-state index in [0.717, 1.165) is 32.4 Å². The molecule has 3 rings (SSSR count). The molecule has 1 aliphatic heterocycles. The van der Waals surface area contributed by atoms with Gasteiger partial charge in [0.15, 0.2) is 5.76 Å². The summed E-state index contributed by atoms with van der Waals surface area (Å²) in [6.07, 6.45) is 6.18. The van der Waals surface area contributed by atoms with Gasteiger partial charge in [-0.2, -0.15) is 5.10 Å². The number of nitrogens with zero attached hydrogens (tertiary/aromatic N) is 3. The molecule has 0 atom stereocenters. The molecule has 1 saturated heterocycles. The lowest BCUT2D eigenvalue weighted by atomic mass is 10.1. The maximum atomic E-state index is 12.4. The van der Waals surface area contributed by atoms with Gasteiger partial charge < -0.3 is 14.6 Å². The summed E-state index contributed by atoms with van der Waals surface area (Å²) in [5.74, 6) is -0.191. The van der Waals surface area contributed by atoms with Gasteiger partial charge in [0, 0.05) is 20.1 Å². The van der Waals surface area contributed by atoms with Crippen molar-refractivity contribution in [3.8, 4) is 0 Å². The molecule has 116 valence electrons. The summed E-state index contributed by atoms with van der Waals surface area (Å²) < 4.78 is 6.36. The molecular weight excluding hydrogens is 284 g/mol. The first kappa shape index (κ1) is 14.4. The van der Waals surface area contributed by atoms with Crippen molar-refractivity contribution in [2.24, 2.45) is 7.05 Å². The molecule has 0 spiro atoms. The average Bonchev–Trinajstić information content (AvgIpc) is 3.06. The molecule has 0 aliphatic carbocycles. The number of piperidine rings is 1. The number of anilines is 2. The minimum atomic E-state index is -0.390. The first-order valence-corrected chi connectivity index (χ1v) is 7.33. The maximum Gasteiger partial charge on any atom is 0.292 e. The molecule has 0 aromatic carbocycles. The summed E-state index contributed by atoms with van der Waals surface area (Å²) in [7, 11) is 1.61. The largest absolute Gasteiger partial charge is 0.459 e. The summed E-state index contributed by atoms with van der Waals surface area (Å²) in [6, 6.07) is 3.22. The number of amides is 1. The number of hydrogen-bond donors (Lipinski definition) is 1. The van der Waals surface area contributed by atoms with Crippen LogP contribution in [0.25, 0.3) is 0 Å². The van der Waals surface area contributed by atoms with Gasteiger partial charge in [0.2, 0.25) is 0 Å². The van der Waals surface area contributed by atoms with E-state index in [4.69, 9.17) is 4.42 Å². The zero-order valence-electron chi connectivity index (χ0n) is 12.4. The smallest absolute Gasteiger partial charge is 0.292 e. The number of nitrogens with one attached hydrogen (secondary N) is 1. The Morgan fingerprint density at radius 1 is 1.32 bits per heavy atom. The Kier molecular flexibility index (Phi) is 3.95. The Hall–Kier alpha value is -2.57. The molecule has 1 N–H and O–H groups in total. The first-order valence-electron chi connectivity index (χ1n) is 7.33. The molecule has 0 bridgehead atoms. The van der Waals surface area contributed by atoms with Crippen molar-refractivity contribution in [3.63, 3.8) is 0 Å². The minimum absolute atomic E-state index is 0.199. The molecule has 1 amide bonds. The third kappa shape index (κ3) is 2.74. The predicted molar refractivity (Wildman–Crippen MR) is 82.2 cm³/mol. The van der Waals surface area contributed by atoms with Crippen LogP contribution in [-0.2, 0) is 7.05 Å². The summed E-state index contributed by atoms with van der Waals surface area (Å²) in [6.45, 7) is 1.62. The summed E-state index contributed by atoms with van der Waals surface area (Å²) >= 11 is 0. The lowest BCUT2D eigenvalue weighted by Crippen LogP contribution is -2.37. The molecule has 0 saturated carbocycles. The SMILES string of the molecule is Cn1ncc(NC(=O)c2ccco2)c(N2CCCCC2)c1=O. The van der Waals surface area contributed by atoms with Gasteiger partial charge in [-0.1, -0.05) is 0 Å². The van der Waals surface area contributed by atoms with Crippen LogP contribution < -0.4 is 15.8 Å². The lowest BCUT2D eigenvalue weighted by molar-refractivity contribution is 0.0996. The fraction of sp³-hybridized carbons (Fsp3) is 0.400. The lowest BCUT2D eigenvalue weighted by Gasteiger charge is -2.29. The normalized spacial score (nSPS) is 14.9. The van der Waals surface area contributed by atoms with Crippen molar-refractivity contribution in [1.82, 2.24) is 9.78 Å². The predicted octanol–water partition coefficient (Wildman–Crippen LogP) is 1.62. The van der Waals surface area contributed by atoms with Crippen molar-refractivity contribution in [3.05, 3.63) is 40.7 Å². The van der Waals surface area contributed by atoms with Crippen molar-refractivity contribution < 1.29 is 9.21 Å². The molecular formula is C15H18N4O3. The van der Waals surface area contributed by atoms with Crippen LogP contribution in [0, 0.1) is 0 Å². The number of hydrogen-bond acceptors (Lipinski definition) is 5. The molecule has 3 heterocycles. The van der Waals surface area contributed by atoms with E-state index in [2.05, 4.69) is 10.4 Å². The summed E-state index contributed by atoms with van der Waals surface area (Å²) in [5.41, 5.74) is 0.711. The van der Waals surface area contributed by atoms with Crippen LogP contribution in [0.1, 0.15) is 29.8 Å². The number of carbonyl (C=O) groups is 1. The summed E-state index contributed by atoms with van der Waals surface area (Å²) in [5, 5.41) is 6.73. The molecule has 0 unspecified atom stereocenters. The van der Waals surface area contributed by atoms with Gasteiger partial charge >= 0.3 is 0 Å². The van der Waals surface area contributed by atoms with Crippen molar-refractivity contribution in [2.45, 2.75) is 19.3 Å². The van der Waals surface area contributed by atoms with Gasteiger partial charge in [0.1, 0.15) is 5.69 Å². The second-order valence-electron chi connectivity index (χ2n) is 5.31. The molecule has 1 aliphatic rings. The van der Waals surface area contributed by atoms with Crippen molar-refractivity contribution in [2.75, 3.05) is 23.3 Å².